The second-order valence-corrected chi connectivity index (χ2v) is 5.56. The van der Waals surface area contributed by atoms with Gasteiger partial charge in [-0.1, -0.05) is 29.8 Å². The van der Waals surface area contributed by atoms with Crippen LogP contribution in [0.25, 0.3) is 0 Å². The Hall–Kier alpha value is -2.63. The largest absolute Gasteiger partial charge is 0.366 e. The number of hydrogen-bond donors (Lipinski definition) is 1. The molecule has 0 amide bonds. The Labute approximate surface area is 127 Å². The lowest BCUT2D eigenvalue weighted by Crippen LogP contribution is -2.31. The van der Waals surface area contributed by atoms with E-state index >= 15 is 0 Å². The fourth-order valence-corrected chi connectivity index (χ4v) is 2.74. The molecular weight excluding hydrogens is 282 g/mol. The van der Waals surface area contributed by atoms with Crippen molar-refractivity contribution in [1.82, 2.24) is 4.57 Å². The van der Waals surface area contributed by atoms with Gasteiger partial charge in [-0.05, 0) is 18.9 Å². The first-order chi connectivity index (χ1) is 10.6. The molecule has 22 heavy (non-hydrogen) atoms. The summed E-state index contributed by atoms with van der Waals surface area (Å²) >= 11 is 0. The van der Waals surface area contributed by atoms with Crippen LogP contribution in [-0.4, -0.2) is 16.0 Å². The highest BCUT2D eigenvalue weighted by Gasteiger charge is 2.24. The van der Waals surface area contributed by atoms with E-state index in [1.807, 2.05) is 31.2 Å². The van der Waals surface area contributed by atoms with Gasteiger partial charge in [0.2, 0.25) is 0 Å². The summed E-state index contributed by atoms with van der Waals surface area (Å²) in [6.45, 7) is 3.16. The molecule has 1 N–H and O–H groups in total. The SMILES string of the molecule is Cc1ccc(Cc2cc([N+](=O)[O-])c3n(c2=O)CCCN3)cc1. The van der Waals surface area contributed by atoms with Crippen LogP contribution in [0, 0.1) is 17.0 Å². The molecular formula is C16H17N3O3. The zero-order valence-corrected chi connectivity index (χ0v) is 12.3. The van der Waals surface area contributed by atoms with E-state index in [0.717, 1.165) is 17.5 Å². The summed E-state index contributed by atoms with van der Waals surface area (Å²) in [6.07, 6.45) is 1.19. The Kier molecular flexibility index (Phi) is 3.66. The third kappa shape index (κ3) is 2.59. The van der Waals surface area contributed by atoms with Gasteiger partial charge in [0.05, 0.1) is 4.92 Å². The van der Waals surface area contributed by atoms with Gasteiger partial charge >= 0.3 is 5.69 Å². The normalized spacial score (nSPS) is 13.3. The number of nitrogens with zero attached hydrogens (tertiary/aromatic N) is 2. The Balaban J connectivity index is 2.07. The Bertz CT molecular complexity index is 778. The number of rotatable bonds is 3. The molecule has 1 aliphatic rings. The second-order valence-electron chi connectivity index (χ2n) is 5.56. The molecule has 6 nitrogen and oxygen atoms in total. The van der Waals surface area contributed by atoms with Crippen LogP contribution in [0.1, 0.15) is 23.1 Å². The minimum Gasteiger partial charge on any atom is -0.366 e. The number of fused-ring (bicyclic) bond motifs is 1. The maximum Gasteiger partial charge on any atom is 0.310 e. The van der Waals surface area contributed by atoms with E-state index < -0.39 is 4.92 Å². The van der Waals surface area contributed by atoms with Crippen molar-refractivity contribution in [3.05, 3.63) is 67.5 Å². The standard InChI is InChI=1S/C16H17N3O3/c1-11-3-5-12(6-4-11)9-13-10-14(19(21)22)15-17-7-2-8-18(15)16(13)20/h3-6,10,17H,2,7-9H2,1H3. The first-order valence-electron chi connectivity index (χ1n) is 7.27. The van der Waals surface area contributed by atoms with Gasteiger partial charge in [-0.2, -0.15) is 0 Å². The van der Waals surface area contributed by atoms with Crippen molar-refractivity contribution in [2.24, 2.45) is 0 Å². The van der Waals surface area contributed by atoms with Gasteiger partial charge in [-0.25, -0.2) is 0 Å². The van der Waals surface area contributed by atoms with Crippen molar-refractivity contribution >= 4 is 11.5 Å². The summed E-state index contributed by atoms with van der Waals surface area (Å²) in [7, 11) is 0. The fourth-order valence-electron chi connectivity index (χ4n) is 2.74. The van der Waals surface area contributed by atoms with Crippen LogP contribution >= 0.6 is 0 Å². The average molecular weight is 299 g/mol. The van der Waals surface area contributed by atoms with Gasteiger partial charge in [0.1, 0.15) is 0 Å². The second kappa shape index (κ2) is 5.63. The summed E-state index contributed by atoms with van der Waals surface area (Å²) in [6, 6.07) is 9.25. The van der Waals surface area contributed by atoms with Crippen LogP contribution in [0.3, 0.4) is 0 Å². The van der Waals surface area contributed by atoms with Crippen LogP contribution in [0.4, 0.5) is 11.5 Å². The highest BCUT2D eigenvalue weighted by Crippen LogP contribution is 2.26. The monoisotopic (exact) mass is 299 g/mol. The zero-order chi connectivity index (χ0) is 15.7. The third-order valence-corrected chi connectivity index (χ3v) is 3.91. The summed E-state index contributed by atoms with van der Waals surface area (Å²) in [5, 5.41) is 14.3. The van der Waals surface area contributed by atoms with Crippen molar-refractivity contribution in [3.8, 4) is 0 Å². The summed E-state index contributed by atoms with van der Waals surface area (Å²) < 4.78 is 1.49. The Morgan fingerprint density at radius 3 is 2.73 bits per heavy atom. The summed E-state index contributed by atoms with van der Waals surface area (Å²) in [5.41, 5.74) is 2.40. The smallest absolute Gasteiger partial charge is 0.310 e. The average Bonchev–Trinajstić information content (AvgIpc) is 2.52. The predicted molar refractivity (Wildman–Crippen MR) is 84.4 cm³/mol. The number of hydrogen-bond acceptors (Lipinski definition) is 4. The van der Waals surface area contributed by atoms with E-state index in [0.29, 0.717) is 30.9 Å². The molecule has 1 aromatic carbocycles. The molecule has 0 aliphatic carbocycles. The van der Waals surface area contributed by atoms with E-state index in [1.165, 1.54) is 10.6 Å². The summed E-state index contributed by atoms with van der Waals surface area (Å²) in [5.74, 6) is 0.328. The van der Waals surface area contributed by atoms with Gasteiger partial charge in [0.25, 0.3) is 5.56 Å². The number of nitro groups is 1. The van der Waals surface area contributed by atoms with E-state index in [9.17, 15) is 14.9 Å². The van der Waals surface area contributed by atoms with Gasteiger partial charge in [-0.3, -0.25) is 19.5 Å². The molecule has 0 unspecified atom stereocenters. The minimum atomic E-state index is -0.428. The molecule has 2 heterocycles. The number of aryl methyl sites for hydroxylation is 1. The minimum absolute atomic E-state index is 0.0265. The molecule has 6 heteroatoms. The molecule has 0 spiro atoms. The van der Waals surface area contributed by atoms with Gasteiger partial charge < -0.3 is 5.32 Å². The maximum atomic E-state index is 12.6. The quantitative estimate of drug-likeness (QED) is 0.697. The lowest BCUT2D eigenvalue weighted by molar-refractivity contribution is -0.384. The number of nitrogens with one attached hydrogen (secondary N) is 1. The van der Waals surface area contributed by atoms with Crippen molar-refractivity contribution < 1.29 is 4.92 Å². The van der Waals surface area contributed by atoms with Crippen molar-refractivity contribution in [1.29, 1.82) is 0 Å². The topological polar surface area (TPSA) is 77.2 Å². The van der Waals surface area contributed by atoms with Crippen LogP contribution < -0.4 is 10.9 Å². The number of aromatic nitrogens is 1. The fraction of sp³-hybridized carbons (Fsp3) is 0.312. The molecule has 0 fully saturated rings. The Morgan fingerprint density at radius 1 is 1.32 bits per heavy atom. The van der Waals surface area contributed by atoms with Gasteiger partial charge in [0.15, 0.2) is 5.82 Å². The zero-order valence-electron chi connectivity index (χ0n) is 12.3. The van der Waals surface area contributed by atoms with Crippen molar-refractivity contribution in [2.75, 3.05) is 11.9 Å². The molecule has 114 valence electrons. The highest BCUT2D eigenvalue weighted by atomic mass is 16.6. The van der Waals surface area contributed by atoms with Gasteiger partial charge in [0, 0.05) is 31.1 Å². The molecule has 0 radical (unpaired) electrons. The lowest BCUT2D eigenvalue weighted by atomic mass is 10.0. The number of pyridine rings is 1. The first kappa shape index (κ1) is 14.3. The Morgan fingerprint density at radius 2 is 2.05 bits per heavy atom. The molecule has 1 aliphatic heterocycles. The maximum absolute atomic E-state index is 12.6. The van der Waals surface area contributed by atoms with Crippen LogP contribution in [0.2, 0.25) is 0 Å². The molecule has 0 atom stereocenters. The molecule has 2 aromatic rings. The number of benzene rings is 1. The molecule has 0 saturated heterocycles. The summed E-state index contributed by atoms with van der Waals surface area (Å²) in [4.78, 5) is 23.4. The molecule has 1 aromatic heterocycles. The lowest BCUT2D eigenvalue weighted by Gasteiger charge is -2.20. The van der Waals surface area contributed by atoms with Crippen LogP contribution in [0.5, 0.6) is 0 Å². The van der Waals surface area contributed by atoms with E-state index in [2.05, 4.69) is 5.32 Å². The van der Waals surface area contributed by atoms with Crippen molar-refractivity contribution in [2.45, 2.75) is 26.3 Å². The first-order valence-corrected chi connectivity index (χ1v) is 7.27. The van der Waals surface area contributed by atoms with E-state index in [4.69, 9.17) is 0 Å². The van der Waals surface area contributed by atoms with Gasteiger partial charge in [-0.15, -0.1) is 0 Å². The van der Waals surface area contributed by atoms with E-state index in [1.54, 1.807) is 0 Å². The molecule has 0 bridgehead atoms. The number of anilines is 1. The van der Waals surface area contributed by atoms with Crippen molar-refractivity contribution in [3.63, 3.8) is 0 Å². The van der Waals surface area contributed by atoms with E-state index in [-0.39, 0.29) is 11.2 Å². The molecule has 0 saturated carbocycles. The van der Waals surface area contributed by atoms with Crippen LogP contribution in [0.15, 0.2) is 35.1 Å². The van der Waals surface area contributed by atoms with Crippen LogP contribution in [-0.2, 0) is 13.0 Å². The molecule has 3 rings (SSSR count). The third-order valence-electron chi connectivity index (χ3n) is 3.91. The highest BCUT2D eigenvalue weighted by molar-refractivity contribution is 5.59. The predicted octanol–water partition coefficient (Wildman–Crippen LogP) is 2.47.